The number of hydrogen-bond donors (Lipinski definition) is 1. The van der Waals surface area contributed by atoms with Crippen molar-refractivity contribution in [1.29, 1.82) is 0 Å². The first-order valence-corrected chi connectivity index (χ1v) is 16.1. The van der Waals surface area contributed by atoms with Crippen molar-refractivity contribution in [2.75, 3.05) is 0 Å². The molecule has 230 valence electrons. The van der Waals surface area contributed by atoms with Gasteiger partial charge in [0.2, 0.25) is 0 Å². The minimum atomic E-state index is -0.740. The highest BCUT2D eigenvalue weighted by atomic mass is 16.6. The maximum absolute atomic E-state index is 13.4. The zero-order chi connectivity index (χ0) is 30.1. The standard InChI is InChI=1S/C34H52O7/c1-9-22(36)17-28(37)41-27-18-26-32(6)15-10-14-31(5,20(3)40-21(4)35)24(32)13-16-33(26,7)25-12-11-23-19(2)39-30(38)29(23)34(25,27)8/h19-20,22,24-27,36H,9-18H2,1-8H3/t19-,20?,22?,24?,25-,26?,27-,31+,32-,33-,34+/m0/s1. The number of ether oxygens (including phenoxy) is 3. The normalized spacial score (nSPS) is 44.9. The summed E-state index contributed by atoms with van der Waals surface area (Å²) in [6.45, 7) is 16.7. The number of esters is 3. The molecule has 7 heteroatoms. The lowest BCUT2D eigenvalue weighted by Crippen LogP contribution is -2.67. The number of hydrogen-bond acceptors (Lipinski definition) is 7. The molecule has 5 aliphatic rings. The average molecular weight is 573 g/mol. The second-order valence-electron chi connectivity index (χ2n) is 15.1. The predicted octanol–water partition coefficient (Wildman–Crippen LogP) is 6.30. The largest absolute Gasteiger partial charge is 0.462 e. The van der Waals surface area contributed by atoms with Gasteiger partial charge in [0, 0.05) is 23.3 Å². The molecule has 5 rings (SSSR count). The molecular weight excluding hydrogens is 520 g/mol. The fourth-order valence-corrected chi connectivity index (χ4v) is 11.1. The maximum Gasteiger partial charge on any atom is 0.335 e. The lowest BCUT2D eigenvalue weighted by Gasteiger charge is -2.70. The summed E-state index contributed by atoms with van der Waals surface area (Å²) in [6.07, 6.45) is 6.54. The van der Waals surface area contributed by atoms with E-state index in [0.29, 0.717) is 18.8 Å². The summed E-state index contributed by atoms with van der Waals surface area (Å²) in [5, 5.41) is 10.3. The van der Waals surface area contributed by atoms with E-state index in [-0.39, 0.29) is 58.6 Å². The lowest BCUT2D eigenvalue weighted by atomic mass is 9.34. The first kappa shape index (κ1) is 30.6. The molecule has 0 saturated heterocycles. The molecule has 0 radical (unpaired) electrons. The highest BCUT2D eigenvalue weighted by molar-refractivity contribution is 5.94. The van der Waals surface area contributed by atoms with Crippen LogP contribution in [0.1, 0.15) is 120 Å². The Hall–Kier alpha value is -1.89. The fraction of sp³-hybridized carbons (Fsp3) is 0.853. The van der Waals surface area contributed by atoms with Crippen molar-refractivity contribution in [2.24, 2.45) is 39.4 Å². The van der Waals surface area contributed by atoms with Crippen LogP contribution in [0.4, 0.5) is 0 Å². The van der Waals surface area contributed by atoms with Crippen LogP contribution >= 0.6 is 0 Å². The van der Waals surface area contributed by atoms with E-state index in [9.17, 15) is 19.5 Å². The van der Waals surface area contributed by atoms with E-state index in [4.69, 9.17) is 14.2 Å². The van der Waals surface area contributed by atoms with Crippen LogP contribution in [0.25, 0.3) is 0 Å². The van der Waals surface area contributed by atoms with Gasteiger partial charge in [-0.25, -0.2) is 4.79 Å². The molecule has 7 nitrogen and oxygen atoms in total. The molecule has 4 aliphatic carbocycles. The van der Waals surface area contributed by atoms with Crippen LogP contribution in [-0.4, -0.2) is 47.4 Å². The molecule has 41 heavy (non-hydrogen) atoms. The molecule has 0 aromatic rings. The number of cyclic esters (lactones) is 1. The zero-order valence-corrected chi connectivity index (χ0v) is 26.5. The van der Waals surface area contributed by atoms with Gasteiger partial charge < -0.3 is 19.3 Å². The molecule has 4 unspecified atom stereocenters. The number of aliphatic hydroxyl groups excluding tert-OH is 1. The maximum atomic E-state index is 13.4. The van der Waals surface area contributed by atoms with Crippen molar-refractivity contribution in [3.05, 3.63) is 11.1 Å². The van der Waals surface area contributed by atoms with Gasteiger partial charge in [0.05, 0.1) is 12.5 Å². The van der Waals surface area contributed by atoms with Crippen LogP contribution in [-0.2, 0) is 28.6 Å². The van der Waals surface area contributed by atoms with Crippen molar-refractivity contribution in [1.82, 2.24) is 0 Å². The van der Waals surface area contributed by atoms with E-state index in [1.54, 1.807) is 0 Å². The SMILES string of the molecule is CCC(O)CC(=O)O[C@H]1CC2[C@@]3(C)CCC[C@](C)(C(C)OC(C)=O)C3CC[C@@]2(C)[C@@H]2CCC3=C(C(=O)O[C@H]3C)[C@@]12C. The van der Waals surface area contributed by atoms with Gasteiger partial charge in [0.15, 0.2) is 0 Å². The highest BCUT2D eigenvalue weighted by Crippen LogP contribution is 2.74. The van der Waals surface area contributed by atoms with Gasteiger partial charge in [-0.2, -0.15) is 0 Å². The van der Waals surface area contributed by atoms with E-state index in [0.717, 1.165) is 56.1 Å². The van der Waals surface area contributed by atoms with Gasteiger partial charge in [-0.15, -0.1) is 0 Å². The molecule has 0 aromatic heterocycles. The fourth-order valence-electron chi connectivity index (χ4n) is 11.1. The molecular formula is C34H52O7. The molecule has 1 N–H and O–H groups in total. The van der Waals surface area contributed by atoms with E-state index in [1.807, 2.05) is 13.8 Å². The summed E-state index contributed by atoms with van der Waals surface area (Å²) in [5.74, 6) is -0.0665. The Morgan fingerprint density at radius 1 is 1.05 bits per heavy atom. The molecule has 1 aliphatic heterocycles. The second-order valence-corrected chi connectivity index (χ2v) is 15.1. The summed E-state index contributed by atoms with van der Waals surface area (Å²) < 4.78 is 18.0. The first-order valence-electron chi connectivity index (χ1n) is 16.1. The van der Waals surface area contributed by atoms with Crippen LogP contribution in [0.2, 0.25) is 0 Å². The molecule has 0 aromatic carbocycles. The summed E-state index contributed by atoms with van der Waals surface area (Å²) in [6, 6.07) is 0. The van der Waals surface area contributed by atoms with E-state index >= 15 is 0 Å². The number of fused-ring (bicyclic) bond motifs is 6. The van der Waals surface area contributed by atoms with E-state index in [2.05, 4.69) is 34.6 Å². The highest BCUT2D eigenvalue weighted by Gasteiger charge is 2.70. The third-order valence-electron chi connectivity index (χ3n) is 13.2. The summed E-state index contributed by atoms with van der Waals surface area (Å²) in [4.78, 5) is 38.7. The van der Waals surface area contributed by atoms with Crippen LogP contribution in [0, 0.1) is 39.4 Å². The van der Waals surface area contributed by atoms with E-state index in [1.165, 1.54) is 6.92 Å². The third kappa shape index (κ3) is 4.50. The van der Waals surface area contributed by atoms with Crippen molar-refractivity contribution < 1.29 is 33.7 Å². The Labute approximate surface area is 246 Å². The Kier molecular flexibility index (Phi) is 7.74. The van der Waals surface area contributed by atoms with E-state index < -0.39 is 23.6 Å². The topological polar surface area (TPSA) is 99.1 Å². The molecule has 0 spiro atoms. The van der Waals surface area contributed by atoms with Crippen molar-refractivity contribution in [3.63, 3.8) is 0 Å². The summed E-state index contributed by atoms with van der Waals surface area (Å²) >= 11 is 0. The molecule has 3 fully saturated rings. The van der Waals surface area contributed by atoms with Gasteiger partial charge >= 0.3 is 17.9 Å². The molecule has 0 bridgehead atoms. The average Bonchev–Trinajstić information content (AvgIpc) is 3.18. The van der Waals surface area contributed by atoms with Crippen molar-refractivity contribution in [2.45, 2.75) is 144 Å². The number of aliphatic hydroxyl groups is 1. The van der Waals surface area contributed by atoms with Gasteiger partial charge in [-0.1, -0.05) is 41.0 Å². The minimum Gasteiger partial charge on any atom is -0.462 e. The number of carbonyl (C=O) groups is 3. The molecule has 1 heterocycles. The van der Waals surface area contributed by atoms with Gasteiger partial charge in [-0.05, 0) is 99.4 Å². The first-order chi connectivity index (χ1) is 19.1. The monoisotopic (exact) mass is 572 g/mol. The third-order valence-corrected chi connectivity index (χ3v) is 13.2. The second kappa shape index (κ2) is 10.4. The van der Waals surface area contributed by atoms with Crippen molar-refractivity contribution in [3.8, 4) is 0 Å². The van der Waals surface area contributed by atoms with Crippen LogP contribution in [0.3, 0.4) is 0 Å². The smallest absolute Gasteiger partial charge is 0.335 e. The number of carbonyl (C=O) groups excluding carboxylic acids is 3. The van der Waals surface area contributed by atoms with Gasteiger partial charge in [-0.3, -0.25) is 9.59 Å². The van der Waals surface area contributed by atoms with Crippen molar-refractivity contribution >= 4 is 17.9 Å². The van der Waals surface area contributed by atoms with Crippen LogP contribution in [0.15, 0.2) is 11.1 Å². The Morgan fingerprint density at radius 3 is 2.39 bits per heavy atom. The summed E-state index contributed by atoms with van der Waals surface area (Å²) in [7, 11) is 0. The Morgan fingerprint density at radius 2 is 1.73 bits per heavy atom. The predicted molar refractivity (Wildman–Crippen MR) is 154 cm³/mol. The van der Waals surface area contributed by atoms with Crippen LogP contribution in [0.5, 0.6) is 0 Å². The molecule has 0 amide bonds. The van der Waals surface area contributed by atoms with Gasteiger partial charge in [0.25, 0.3) is 0 Å². The lowest BCUT2D eigenvalue weighted by molar-refractivity contribution is -0.237. The summed E-state index contributed by atoms with van der Waals surface area (Å²) in [5.41, 5.74) is 0.982. The molecule has 3 saturated carbocycles. The number of rotatable bonds is 6. The quantitative estimate of drug-likeness (QED) is 0.294. The van der Waals surface area contributed by atoms with Gasteiger partial charge in [0.1, 0.15) is 18.3 Å². The zero-order valence-electron chi connectivity index (χ0n) is 26.5. The van der Waals surface area contributed by atoms with Crippen LogP contribution < -0.4 is 0 Å². The Balaban J connectivity index is 1.58. The minimum absolute atomic E-state index is 0.0263. The Bertz CT molecular complexity index is 1130. The molecule has 11 atom stereocenters.